The third-order valence-electron chi connectivity index (χ3n) is 1.26. The summed E-state index contributed by atoms with van der Waals surface area (Å²) in [6.45, 7) is 6.22. The number of carbonyl (C=O) groups excluding carboxylic acids is 1. The molecule has 0 N–H and O–H groups in total. The molecule has 0 aliphatic carbocycles. The lowest BCUT2D eigenvalue weighted by Gasteiger charge is -2.01. The van der Waals surface area contributed by atoms with Crippen molar-refractivity contribution in [3.8, 4) is 0 Å². The van der Waals surface area contributed by atoms with Crippen molar-refractivity contribution in [1.82, 2.24) is 0 Å². The van der Waals surface area contributed by atoms with Crippen molar-refractivity contribution in [1.29, 1.82) is 0 Å². The molecule has 2 heteroatoms. The molecular weight excluding hydrogens is 140 g/mol. The van der Waals surface area contributed by atoms with Crippen LogP contribution in [0.2, 0.25) is 0 Å². The molecule has 0 unspecified atom stereocenters. The standard InChI is InChI=1S/C9H16O2/c1-3-5-7-9(10)11-8-6-4-2/h7H,1,3-6,8H2,2H3. The fourth-order valence-corrected chi connectivity index (χ4v) is 0.596. The van der Waals surface area contributed by atoms with Crippen LogP contribution in [0.25, 0.3) is 0 Å². The Morgan fingerprint density at radius 3 is 2.91 bits per heavy atom. The summed E-state index contributed by atoms with van der Waals surface area (Å²) < 4.78 is 4.86. The minimum absolute atomic E-state index is 0.206. The lowest BCUT2D eigenvalue weighted by molar-refractivity contribution is -0.139. The van der Waals surface area contributed by atoms with E-state index < -0.39 is 0 Å². The van der Waals surface area contributed by atoms with Crippen LogP contribution in [0, 0.1) is 13.3 Å². The Morgan fingerprint density at radius 1 is 1.64 bits per heavy atom. The highest BCUT2D eigenvalue weighted by Gasteiger charge is 2.00. The molecule has 11 heavy (non-hydrogen) atoms. The van der Waals surface area contributed by atoms with Crippen molar-refractivity contribution in [3.63, 3.8) is 0 Å². The van der Waals surface area contributed by atoms with Crippen LogP contribution in [0.3, 0.4) is 0 Å². The second kappa shape index (κ2) is 7.58. The van der Waals surface area contributed by atoms with Gasteiger partial charge in [-0.1, -0.05) is 26.7 Å². The minimum Gasteiger partial charge on any atom is -0.465 e. The van der Waals surface area contributed by atoms with E-state index in [1.807, 2.05) is 0 Å². The fraction of sp³-hybridized carbons (Fsp3) is 0.667. The fourth-order valence-electron chi connectivity index (χ4n) is 0.596. The highest BCUT2D eigenvalue weighted by atomic mass is 16.5. The van der Waals surface area contributed by atoms with Gasteiger partial charge >= 0.3 is 5.97 Å². The maximum absolute atomic E-state index is 10.8. The molecule has 0 aromatic carbocycles. The minimum atomic E-state index is -0.206. The van der Waals surface area contributed by atoms with E-state index in [0.29, 0.717) is 13.0 Å². The topological polar surface area (TPSA) is 26.3 Å². The Bertz CT molecular complexity index is 99.7. The maximum atomic E-state index is 10.8. The predicted molar refractivity (Wildman–Crippen MR) is 44.8 cm³/mol. The molecule has 0 aromatic rings. The highest BCUT2D eigenvalue weighted by molar-refractivity contribution is 5.78. The molecule has 0 aliphatic heterocycles. The number of ether oxygens (including phenoxy) is 1. The zero-order valence-electron chi connectivity index (χ0n) is 7.14. The van der Waals surface area contributed by atoms with E-state index in [4.69, 9.17) is 4.74 Å². The van der Waals surface area contributed by atoms with E-state index in [0.717, 1.165) is 19.3 Å². The molecule has 0 aliphatic rings. The molecule has 0 rings (SSSR count). The first-order valence-electron chi connectivity index (χ1n) is 4.10. The van der Waals surface area contributed by atoms with Gasteiger partial charge in [0.05, 0.1) is 13.0 Å². The van der Waals surface area contributed by atoms with Gasteiger partial charge in [0, 0.05) is 0 Å². The van der Waals surface area contributed by atoms with Crippen LogP contribution in [-0.2, 0) is 9.53 Å². The van der Waals surface area contributed by atoms with Gasteiger partial charge in [0.25, 0.3) is 0 Å². The molecule has 0 heterocycles. The van der Waals surface area contributed by atoms with Crippen molar-refractivity contribution in [2.75, 3.05) is 6.61 Å². The number of carbonyl (C=O) groups is 1. The molecule has 0 saturated carbocycles. The summed E-state index contributed by atoms with van der Waals surface area (Å²) in [5, 5.41) is 0. The zero-order chi connectivity index (χ0) is 8.53. The van der Waals surface area contributed by atoms with Gasteiger partial charge in [-0.25, -0.2) is 0 Å². The summed E-state index contributed by atoms with van der Waals surface area (Å²) in [6, 6.07) is 0. The molecule has 0 amide bonds. The Morgan fingerprint density at radius 2 is 2.36 bits per heavy atom. The molecule has 0 aromatic heterocycles. The van der Waals surface area contributed by atoms with Gasteiger partial charge in [0.1, 0.15) is 0 Å². The lowest BCUT2D eigenvalue weighted by Crippen LogP contribution is -2.05. The van der Waals surface area contributed by atoms with Crippen LogP contribution >= 0.6 is 0 Å². The average Bonchev–Trinajstić information content (AvgIpc) is 2.01. The highest BCUT2D eigenvalue weighted by Crippen LogP contribution is 1.96. The molecule has 2 radical (unpaired) electrons. The van der Waals surface area contributed by atoms with Gasteiger partial charge in [-0.3, -0.25) is 4.79 Å². The largest absolute Gasteiger partial charge is 0.465 e. The normalized spacial score (nSPS) is 9.64. The first kappa shape index (κ1) is 10.5. The number of rotatable bonds is 6. The second-order valence-electron chi connectivity index (χ2n) is 2.37. The summed E-state index contributed by atoms with van der Waals surface area (Å²) in [5.41, 5.74) is 0. The number of hydrogen-bond donors (Lipinski definition) is 0. The molecule has 0 atom stereocenters. The van der Waals surface area contributed by atoms with E-state index in [-0.39, 0.29) is 5.97 Å². The Labute approximate surface area is 68.9 Å². The Hall–Kier alpha value is -0.530. The van der Waals surface area contributed by atoms with Crippen molar-refractivity contribution < 1.29 is 9.53 Å². The molecular formula is C9H16O2. The van der Waals surface area contributed by atoms with Crippen LogP contribution in [-0.4, -0.2) is 12.6 Å². The third kappa shape index (κ3) is 7.37. The first-order valence-corrected chi connectivity index (χ1v) is 4.10. The second-order valence-corrected chi connectivity index (χ2v) is 2.37. The predicted octanol–water partition coefficient (Wildman–Crippen LogP) is 2.15. The van der Waals surface area contributed by atoms with E-state index in [1.54, 1.807) is 6.42 Å². The van der Waals surface area contributed by atoms with Gasteiger partial charge in [-0.2, -0.15) is 0 Å². The van der Waals surface area contributed by atoms with Crippen LogP contribution in [0.1, 0.15) is 32.6 Å². The summed E-state index contributed by atoms with van der Waals surface area (Å²) in [4.78, 5) is 10.8. The van der Waals surface area contributed by atoms with Crippen molar-refractivity contribution in [3.05, 3.63) is 13.3 Å². The number of unbranched alkanes of at least 4 members (excludes halogenated alkanes) is 2. The van der Waals surface area contributed by atoms with Crippen molar-refractivity contribution >= 4 is 5.97 Å². The number of hydrogen-bond acceptors (Lipinski definition) is 2. The van der Waals surface area contributed by atoms with Gasteiger partial charge in [-0.15, -0.1) is 0 Å². The molecule has 0 bridgehead atoms. The Kier molecular flexibility index (Phi) is 7.21. The molecule has 0 saturated heterocycles. The lowest BCUT2D eigenvalue weighted by atomic mass is 10.2. The Balaban J connectivity index is 3.09. The SMILES string of the molecule is [CH2]CC[CH]C(=O)OCCCC. The summed E-state index contributed by atoms with van der Waals surface area (Å²) in [7, 11) is 0. The first-order chi connectivity index (χ1) is 5.31. The maximum Gasteiger partial charge on any atom is 0.309 e. The summed E-state index contributed by atoms with van der Waals surface area (Å²) >= 11 is 0. The van der Waals surface area contributed by atoms with Crippen molar-refractivity contribution in [2.45, 2.75) is 32.6 Å². The van der Waals surface area contributed by atoms with Gasteiger partial charge < -0.3 is 4.74 Å². The van der Waals surface area contributed by atoms with E-state index in [2.05, 4.69) is 13.8 Å². The van der Waals surface area contributed by atoms with Crippen LogP contribution in [0.5, 0.6) is 0 Å². The van der Waals surface area contributed by atoms with Crippen LogP contribution in [0.4, 0.5) is 0 Å². The zero-order valence-corrected chi connectivity index (χ0v) is 7.14. The number of esters is 1. The van der Waals surface area contributed by atoms with E-state index in [1.165, 1.54) is 0 Å². The quantitative estimate of drug-likeness (QED) is 0.435. The average molecular weight is 156 g/mol. The molecule has 0 fully saturated rings. The monoisotopic (exact) mass is 156 g/mol. The summed E-state index contributed by atoms with van der Waals surface area (Å²) in [6.07, 6.45) is 5.02. The molecule has 64 valence electrons. The van der Waals surface area contributed by atoms with E-state index >= 15 is 0 Å². The smallest absolute Gasteiger partial charge is 0.309 e. The molecule has 2 nitrogen and oxygen atoms in total. The van der Waals surface area contributed by atoms with Gasteiger partial charge in [0.2, 0.25) is 0 Å². The van der Waals surface area contributed by atoms with Crippen LogP contribution in [0.15, 0.2) is 0 Å². The third-order valence-corrected chi connectivity index (χ3v) is 1.26. The van der Waals surface area contributed by atoms with Gasteiger partial charge in [-0.05, 0) is 12.8 Å². The van der Waals surface area contributed by atoms with Gasteiger partial charge in [0.15, 0.2) is 0 Å². The molecule has 0 spiro atoms. The van der Waals surface area contributed by atoms with Crippen LogP contribution < -0.4 is 0 Å². The van der Waals surface area contributed by atoms with Crippen molar-refractivity contribution in [2.24, 2.45) is 0 Å². The van der Waals surface area contributed by atoms with E-state index in [9.17, 15) is 4.79 Å². The summed E-state index contributed by atoms with van der Waals surface area (Å²) in [5.74, 6) is -0.206.